The average molecular weight is 390 g/mol. The fourth-order valence-corrected chi connectivity index (χ4v) is 4.62. The van der Waals surface area contributed by atoms with E-state index in [1.807, 2.05) is 22.8 Å². The molecule has 0 saturated carbocycles. The number of hydrogen-bond donors (Lipinski definition) is 0. The Bertz CT molecular complexity index is 620. The number of piperidine rings is 2. The van der Waals surface area contributed by atoms with Crippen molar-refractivity contribution in [2.75, 3.05) is 40.3 Å². The van der Waals surface area contributed by atoms with Gasteiger partial charge < -0.3 is 9.80 Å². The highest BCUT2D eigenvalue weighted by atomic mass is 16.2. The van der Waals surface area contributed by atoms with Gasteiger partial charge in [0.1, 0.15) is 0 Å². The van der Waals surface area contributed by atoms with Gasteiger partial charge in [-0.25, -0.2) is 0 Å². The fraction of sp³-hybridized carbons (Fsp3) is 0.818. The molecule has 1 unspecified atom stereocenters. The first kappa shape index (κ1) is 21.3. The molecule has 0 bridgehead atoms. The second-order valence-corrected chi connectivity index (χ2v) is 9.24. The maximum absolute atomic E-state index is 12.7. The van der Waals surface area contributed by atoms with Crippen LogP contribution < -0.4 is 0 Å². The predicted molar refractivity (Wildman–Crippen MR) is 113 cm³/mol. The van der Waals surface area contributed by atoms with E-state index in [0.29, 0.717) is 30.3 Å². The van der Waals surface area contributed by atoms with E-state index < -0.39 is 0 Å². The van der Waals surface area contributed by atoms with Gasteiger partial charge in [-0.2, -0.15) is 5.10 Å². The zero-order chi connectivity index (χ0) is 20.1. The van der Waals surface area contributed by atoms with Gasteiger partial charge in [-0.05, 0) is 78.6 Å². The van der Waals surface area contributed by atoms with E-state index in [9.17, 15) is 4.79 Å². The maximum atomic E-state index is 12.7. The first-order valence-electron chi connectivity index (χ1n) is 11.1. The average Bonchev–Trinajstić information content (AvgIpc) is 3.15. The van der Waals surface area contributed by atoms with Crippen molar-refractivity contribution in [3.63, 3.8) is 0 Å². The molecule has 1 atom stereocenters. The molecule has 2 saturated heterocycles. The monoisotopic (exact) mass is 389 g/mol. The lowest BCUT2D eigenvalue weighted by atomic mass is 9.92. The topological polar surface area (TPSA) is 44.6 Å². The van der Waals surface area contributed by atoms with Gasteiger partial charge >= 0.3 is 0 Å². The van der Waals surface area contributed by atoms with E-state index in [-0.39, 0.29) is 0 Å². The van der Waals surface area contributed by atoms with Crippen LogP contribution in [0.4, 0.5) is 0 Å². The number of hydrogen-bond acceptors (Lipinski definition) is 4. The molecule has 0 N–H and O–H groups in total. The largest absolute Gasteiger partial charge is 0.343 e. The van der Waals surface area contributed by atoms with Crippen molar-refractivity contribution in [3.05, 3.63) is 18.0 Å². The summed E-state index contributed by atoms with van der Waals surface area (Å²) in [4.78, 5) is 19.6. The molecule has 0 radical (unpaired) electrons. The molecule has 1 aromatic rings. The third kappa shape index (κ3) is 5.80. The summed E-state index contributed by atoms with van der Waals surface area (Å²) < 4.78 is 2.04. The van der Waals surface area contributed by atoms with Crippen molar-refractivity contribution in [1.82, 2.24) is 24.5 Å². The quantitative estimate of drug-likeness (QED) is 0.719. The smallest absolute Gasteiger partial charge is 0.222 e. The molecule has 0 spiro atoms. The van der Waals surface area contributed by atoms with Crippen LogP contribution in [-0.4, -0.2) is 76.7 Å². The molecule has 0 aromatic carbocycles. The molecule has 28 heavy (non-hydrogen) atoms. The minimum absolute atomic E-state index is 0.338. The van der Waals surface area contributed by atoms with Crippen LogP contribution in [0.2, 0.25) is 0 Å². The molecular weight excluding hydrogens is 350 g/mol. The zero-order valence-electron chi connectivity index (χ0n) is 18.3. The Kier molecular flexibility index (Phi) is 7.52. The first-order valence-corrected chi connectivity index (χ1v) is 11.1. The lowest BCUT2D eigenvalue weighted by molar-refractivity contribution is -0.133. The molecule has 6 heteroatoms. The fourth-order valence-electron chi connectivity index (χ4n) is 4.62. The summed E-state index contributed by atoms with van der Waals surface area (Å²) in [7, 11) is 4.18. The minimum Gasteiger partial charge on any atom is -0.343 e. The second kappa shape index (κ2) is 9.88. The summed E-state index contributed by atoms with van der Waals surface area (Å²) in [5.41, 5.74) is 1.30. The van der Waals surface area contributed by atoms with Crippen molar-refractivity contribution in [2.45, 2.75) is 71.0 Å². The summed E-state index contributed by atoms with van der Waals surface area (Å²) >= 11 is 0. The minimum atomic E-state index is 0.338. The highest BCUT2D eigenvalue weighted by Gasteiger charge is 2.26. The van der Waals surface area contributed by atoms with E-state index in [0.717, 1.165) is 52.0 Å². The van der Waals surface area contributed by atoms with Crippen LogP contribution in [0.15, 0.2) is 12.4 Å². The third-order valence-electron chi connectivity index (χ3n) is 6.59. The van der Waals surface area contributed by atoms with Gasteiger partial charge in [0.05, 0.1) is 6.20 Å². The number of aromatic nitrogens is 2. The molecule has 6 nitrogen and oxygen atoms in total. The summed E-state index contributed by atoms with van der Waals surface area (Å²) in [5.74, 6) is 0.980. The Hall–Kier alpha value is -1.40. The van der Waals surface area contributed by atoms with Gasteiger partial charge in [0, 0.05) is 50.4 Å². The third-order valence-corrected chi connectivity index (χ3v) is 6.59. The van der Waals surface area contributed by atoms with Crippen molar-refractivity contribution >= 4 is 5.91 Å². The normalized spacial score (nSPS) is 22.7. The maximum Gasteiger partial charge on any atom is 0.222 e. The predicted octanol–water partition coefficient (Wildman–Crippen LogP) is 3.01. The molecule has 3 heterocycles. The number of rotatable bonds is 7. The van der Waals surface area contributed by atoms with E-state index in [1.165, 1.54) is 18.4 Å². The molecule has 0 aliphatic carbocycles. The molecule has 2 aliphatic rings. The lowest BCUT2D eigenvalue weighted by Gasteiger charge is -2.36. The summed E-state index contributed by atoms with van der Waals surface area (Å²) in [6.45, 7) is 9.78. The van der Waals surface area contributed by atoms with Crippen molar-refractivity contribution < 1.29 is 4.79 Å². The molecule has 2 fully saturated rings. The molecule has 158 valence electrons. The Morgan fingerprint density at radius 3 is 2.68 bits per heavy atom. The number of amides is 1. The highest BCUT2D eigenvalue weighted by Crippen LogP contribution is 2.24. The molecule has 3 rings (SSSR count). The zero-order valence-corrected chi connectivity index (χ0v) is 18.3. The summed E-state index contributed by atoms with van der Waals surface area (Å²) in [5, 5.41) is 4.47. The molecule has 1 amide bonds. The van der Waals surface area contributed by atoms with Crippen LogP contribution in [-0.2, 0) is 11.3 Å². The van der Waals surface area contributed by atoms with Crippen LogP contribution in [0.1, 0.15) is 64.0 Å². The Labute approximate surface area is 170 Å². The van der Waals surface area contributed by atoms with Gasteiger partial charge in [0.25, 0.3) is 0 Å². The molecule has 1 aromatic heterocycles. The summed E-state index contributed by atoms with van der Waals surface area (Å²) in [6.07, 6.45) is 10.6. The van der Waals surface area contributed by atoms with E-state index >= 15 is 0 Å². The second-order valence-electron chi connectivity index (χ2n) is 9.24. The van der Waals surface area contributed by atoms with Gasteiger partial charge in [0.2, 0.25) is 5.91 Å². The number of likely N-dealkylation sites (tertiary alicyclic amines) is 2. The molecular formula is C22H39N5O. The Morgan fingerprint density at radius 2 is 2.00 bits per heavy atom. The Morgan fingerprint density at radius 1 is 1.25 bits per heavy atom. The summed E-state index contributed by atoms with van der Waals surface area (Å²) in [6, 6.07) is 0.847. The van der Waals surface area contributed by atoms with Gasteiger partial charge in [-0.15, -0.1) is 0 Å². The molecule has 2 aliphatic heterocycles. The van der Waals surface area contributed by atoms with Crippen LogP contribution in [0, 0.1) is 5.92 Å². The van der Waals surface area contributed by atoms with Crippen LogP contribution >= 0.6 is 0 Å². The van der Waals surface area contributed by atoms with Gasteiger partial charge in [0.15, 0.2) is 0 Å². The van der Waals surface area contributed by atoms with Crippen LogP contribution in [0.3, 0.4) is 0 Å². The Balaban J connectivity index is 1.42. The van der Waals surface area contributed by atoms with Crippen molar-refractivity contribution in [1.29, 1.82) is 0 Å². The van der Waals surface area contributed by atoms with E-state index in [1.54, 1.807) is 0 Å². The van der Waals surface area contributed by atoms with Crippen molar-refractivity contribution in [3.8, 4) is 0 Å². The highest BCUT2D eigenvalue weighted by molar-refractivity contribution is 5.76. The number of carbonyl (C=O) groups excluding carboxylic acids is 1. The van der Waals surface area contributed by atoms with Crippen molar-refractivity contribution in [2.24, 2.45) is 5.92 Å². The SMILES string of the molecule is CC(C)n1cc(CN2CCCC(CCC(=O)N(C)C3CCN(C)CC3)C2)cn1. The van der Waals surface area contributed by atoms with Gasteiger partial charge in [-0.3, -0.25) is 14.4 Å². The first-order chi connectivity index (χ1) is 13.4. The number of carbonyl (C=O) groups is 1. The standard InChI is InChI=1S/C22H39N5O/c1-18(2)27-17-20(14-23-27)16-26-11-5-6-19(15-26)7-8-22(28)25(4)21-9-12-24(3)13-10-21/h14,17-19,21H,5-13,15-16H2,1-4H3. The van der Waals surface area contributed by atoms with E-state index in [2.05, 4.69) is 42.0 Å². The van der Waals surface area contributed by atoms with Gasteiger partial charge in [-0.1, -0.05) is 0 Å². The van der Waals surface area contributed by atoms with Crippen LogP contribution in [0.5, 0.6) is 0 Å². The van der Waals surface area contributed by atoms with Crippen LogP contribution in [0.25, 0.3) is 0 Å². The number of nitrogens with zero attached hydrogens (tertiary/aromatic N) is 5. The van der Waals surface area contributed by atoms with E-state index in [4.69, 9.17) is 0 Å². The lowest BCUT2D eigenvalue weighted by Crippen LogP contribution is -2.44.